The lowest BCUT2D eigenvalue weighted by molar-refractivity contribution is -0.131. The molecule has 1 aliphatic heterocycles. The minimum absolute atomic E-state index is 0.286. The van der Waals surface area contributed by atoms with Crippen LogP contribution in [0, 0.1) is 6.92 Å². The Morgan fingerprint density at radius 1 is 1.31 bits per heavy atom. The third kappa shape index (κ3) is 5.17. The van der Waals surface area contributed by atoms with Crippen LogP contribution in [0.25, 0.3) is 0 Å². The van der Waals surface area contributed by atoms with Crippen LogP contribution >= 0.6 is 0 Å². The Bertz CT molecular complexity index is 682. The average Bonchev–Trinajstić information content (AvgIpc) is 3.20. The third-order valence-corrected chi connectivity index (χ3v) is 5.11. The van der Waals surface area contributed by atoms with Crippen molar-refractivity contribution in [2.24, 2.45) is 0 Å². The second kappa shape index (κ2) is 8.98. The van der Waals surface area contributed by atoms with E-state index in [9.17, 15) is 4.79 Å². The molecule has 0 aromatic carbocycles. The van der Waals surface area contributed by atoms with Gasteiger partial charge in [-0.2, -0.15) is 4.98 Å². The number of nitrogens with zero attached hydrogens (tertiary/aromatic N) is 5. The maximum atomic E-state index is 12.5. The summed E-state index contributed by atoms with van der Waals surface area (Å²) in [5.74, 6) is 1.62. The molecule has 0 unspecified atom stereocenters. The van der Waals surface area contributed by atoms with E-state index in [0.29, 0.717) is 24.9 Å². The number of amides is 1. The molecule has 1 saturated heterocycles. The van der Waals surface area contributed by atoms with E-state index in [1.54, 1.807) is 0 Å². The fourth-order valence-corrected chi connectivity index (χ4v) is 3.62. The van der Waals surface area contributed by atoms with Crippen molar-refractivity contribution >= 4 is 5.91 Å². The van der Waals surface area contributed by atoms with Crippen molar-refractivity contribution in [3.8, 4) is 0 Å². The van der Waals surface area contributed by atoms with Crippen molar-refractivity contribution < 1.29 is 9.32 Å². The number of aryl methyl sites for hydroxylation is 2. The zero-order valence-electron chi connectivity index (χ0n) is 15.8. The van der Waals surface area contributed by atoms with Crippen molar-refractivity contribution in [1.82, 2.24) is 24.5 Å². The number of likely N-dealkylation sites (tertiary alicyclic amines) is 1. The molecule has 0 spiro atoms. The summed E-state index contributed by atoms with van der Waals surface area (Å²) in [6, 6.07) is 4.48. The van der Waals surface area contributed by atoms with Crippen molar-refractivity contribution in [2.45, 2.75) is 58.2 Å². The number of hydrogen-bond donors (Lipinski definition) is 0. The molecule has 0 radical (unpaired) electrons. The van der Waals surface area contributed by atoms with Crippen LogP contribution in [-0.2, 0) is 17.9 Å². The van der Waals surface area contributed by atoms with E-state index < -0.39 is 0 Å². The molecule has 0 saturated carbocycles. The van der Waals surface area contributed by atoms with E-state index in [4.69, 9.17) is 4.52 Å². The standard InChI is InChI=1S/C19H29N5O2/c1-16-20-18(21-26-16)15-22(2)17-7-5-13-24(14-9-17)19(25)8-6-12-23-10-3-4-11-23/h3-4,10-11,17H,5-9,12-15H2,1-2H3/t17-/m1/s1. The summed E-state index contributed by atoms with van der Waals surface area (Å²) >= 11 is 0. The Morgan fingerprint density at radius 2 is 2.12 bits per heavy atom. The Labute approximate surface area is 155 Å². The normalized spacial score (nSPS) is 18.3. The highest BCUT2D eigenvalue weighted by atomic mass is 16.5. The summed E-state index contributed by atoms with van der Waals surface area (Å²) in [6.45, 7) is 5.10. The Kier molecular flexibility index (Phi) is 6.44. The quantitative estimate of drug-likeness (QED) is 0.760. The van der Waals surface area contributed by atoms with Gasteiger partial charge in [0.25, 0.3) is 0 Å². The Hall–Kier alpha value is -2.15. The second-order valence-electron chi connectivity index (χ2n) is 7.13. The Morgan fingerprint density at radius 3 is 2.85 bits per heavy atom. The van der Waals surface area contributed by atoms with E-state index >= 15 is 0 Å². The molecule has 142 valence electrons. The van der Waals surface area contributed by atoms with Crippen molar-refractivity contribution in [1.29, 1.82) is 0 Å². The van der Waals surface area contributed by atoms with Gasteiger partial charge in [-0.05, 0) is 44.9 Å². The van der Waals surface area contributed by atoms with Crippen molar-refractivity contribution in [3.05, 3.63) is 36.2 Å². The first-order valence-electron chi connectivity index (χ1n) is 9.50. The van der Waals surface area contributed by atoms with Crippen LogP contribution in [-0.4, -0.2) is 56.6 Å². The lowest BCUT2D eigenvalue weighted by Gasteiger charge is -2.26. The van der Waals surface area contributed by atoms with Gasteiger partial charge in [-0.3, -0.25) is 9.69 Å². The van der Waals surface area contributed by atoms with Crippen molar-refractivity contribution in [3.63, 3.8) is 0 Å². The molecule has 1 aliphatic rings. The summed E-state index contributed by atoms with van der Waals surface area (Å²) in [5, 5.41) is 3.98. The predicted molar refractivity (Wildman–Crippen MR) is 98.4 cm³/mol. The highest BCUT2D eigenvalue weighted by molar-refractivity contribution is 5.76. The molecule has 1 atom stereocenters. The molecule has 7 heteroatoms. The van der Waals surface area contributed by atoms with E-state index in [0.717, 1.165) is 51.1 Å². The summed E-state index contributed by atoms with van der Waals surface area (Å²) in [4.78, 5) is 21.1. The highest BCUT2D eigenvalue weighted by Gasteiger charge is 2.23. The molecule has 0 N–H and O–H groups in total. The van der Waals surface area contributed by atoms with Gasteiger partial charge in [0.15, 0.2) is 5.82 Å². The fraction of sp³-hybridized carbons (Fsp3) is 0.632. The summed E-state index contributed by atoms with van der Waals surface area (Å²) < 4.78 is 7.17. The molecule has 2 aromatic rings. The molecular weight excluding hydrogens is 330 g/mol. The topological polar surface area (TPSA) is 67.4 Å². The molecule has 1 fully saturated rings. The zero-order valence-corrected chi connectivity index (χ0v) is 15.8. The molecule has 26 heavy (non-hydrogen) atoms. The third-order valence-electron chi connectivity index (χ3n) is 5.11. The number of hydrogen-bond acceptors (Lipinski definition) is 5. The SMILES string of the molecule is Cc1nc(CN(C)[C@@H]2CCCN(C(=O)CCCn3cccc3)CC2)no1. The first-order chi connectivity index (χ1) is 12.6. The van der Waals surface area contributed by atoms with Gasteiger partial charge in [-0.1, -0.05) is 5.16 Å². The Balaban J connectivity index is 1.42. The molecule has 2 aromatic heterocycles. The van der Waals surface area contributed by atoms with E-state index in [2.05, 4.69) is 26.7 Å². The fourth-order valence-electron chi connectivity index (χ4n) is 3.62. The van der Waals surface area contributed by atoms with Gasteiger partial charge in [0.2, 0.25) is 11.8 Å². The largest absolute Gasteiger partial charge is 0.354 e. The summed E-state index contributed by atoms with van der Waals surface area (Å²) in [5.41, 5.74) is 0. The molecular formula is C19H29N5O2. The molecule has 0 bridgehead atoms. The van der Waals surface area contributed by atoms with E-state index in [-0.39, 0.29) is 5.91 Å². The lowest BCUT2D eigenvalue weighted by atomic mass is 10.1. The summed E-state index contributed by atoms with van der Waals surface area (Å²) in [6.07, 6.45) is 8.75. The van der Waals surface area contributed by atoms with Gasteiger partial charge < -0.3 is 14.0 Å². The predicted octanol–water partition coefficient (Wildman–Crippen LogP) is 2.47. The first-order valence-corrected chi connectivity index (χ1v) is 9.50. The van der Waals surface area contributed by atoms with E-state index in [1.807, 2.05) is 36.4 Å². The van der Waals surface area contributed by atoms with Gasteiger partial charge in [0, 0.05) is 51.4 Å². The van der Waals surface area contributed by atoms with Crippen molar-refractivity contribution in [2.75, 3.05) is 20.1 Å². The molecule has 7 nitrogen and oxygen atoms in total. The van der Waals surface area contributed by atoms with Gasteiger partial charge in [0.1, 0.15) is 0 Å². The van der Waals surface area contributed by atoms with Gasteiger partial charge >= 0.3 is 0 Å². The summed E-state index contributed by atoms with van der Waals surface area (Å²) in [7, 11) is 2.10. The van der Waals surface area contributed by atoms with Crippen LogP contribution < -0.4 is 0 Å². The van der Waals surface area contributed by atoms with Crippen LogP contribution in [0.4, 0.5) is 0 Å². The van der Waals surface area contributed by atoms with Crippen LogP contribution in [0.3, 0.4) is 0 Å². The smallest absolute Gasteiger partial charge is 0.223 e. The van der Waals surface area contributed by atoms with Crippen LogP contribution in [0.15, 0.2) is 29.0 Å². The molecule has 1 amide bonds. The molecule has 0 aliphatic carbocycles. The van der Waals surface area contributed by atoms with Gasteiger partial charge in [-0.15, -0.1) is 0 Å². The first kappa shape index (κ1) is 18.6. The number of carbonyl (C=O) groups excluding carboxylic acids is 1. The maximum Gasteiger partial charge on any atom is 0.223 e. The lowest BCUT2D eigenvalue weighted by Crippen LogP contribution is -2.35. The maximum absolute atomic E-state index is 12.5. The monoisotopic (exact) mass is 359 g/mol. The number of aromatic nitrogens is 3. The van der Waals surface area contributed by atoms with Gasteiger partial charge in [0.05, 0.1) is 6.54 Å². The van der Waals surface area contributed by atoms with Crippen LogP contribution in [0.2, 0.25) is 0 Å². The zero-order chi connectivity index (χ0) is 18.4. The van der Waals surface area contributed by atoms with Crippen LogP contribution in [0.1, 0.15) is 43.8 Å². The van der Waals surface area contributed by atoms with Crippen LogP contribution in [0.5, 0.6) is 0 Å². The minimum Gasteiger partial charge on any atom is -0.354 e. The second-order valence-corrected chi connectivity index (χ2v) is 7.13. The average molecular weight is 359 g/mol. The highest BCUT2D eigenvalue weighted by Crippen LogP contribution is 2.18. The minimum atomic E-state index is 0.286. The molecule has 3 heterocycles. The molecule has 3 rings (SSSR count). The number of rotatable bonds is 7. The van der Waals surface area contributed by atoms with E-state index in [1.165, 1.54) is 0 Å². The van der Waals surface area contributed by atoms with Gasteiger partial charge in [-0.25, -0.2) is 0 Å². The number of carbonyl (C=O) groups is 1.